The molecule has 3 nitrogen and oxygen atoms in total. The van der Waals surface area contributed by atoms with Crippen LogP contribution in [0.25, 0.3) is 6.08 Å². The van der Waals surface area contributed by atoms with Crippen LogP contribution in [0.1, 0.15) is 37.0 Å². The number of nitriles is 2. The second-order valence-electron chi connectivity index (χ2n) is 5.28. The van der Waals surface area contributed by atoms with Gasteiger partial charge in [-0.05, 0) is 61.1 Å². The van der Waals surface area contributed by atoms with Gasteiger partial charge in [0.15, 0.2) is 0 Å². The van der Waals surface area contributed by atoms with Crippen molar-refractivity contribution in [1.29, 1.82) is 10.5 Å². The monoisotopic (exact) mass is 268 g/mol. The molecule has 0 heterocycles. The summed E-state index contributed by atoms with van der Waals surface area (Å²) in [6.45, 7) is 8.95. The number of ether oxygens (including phenoxy) is 1. The molecule has 0 aliphatic rings. The van der Waals surface area contributed by atoms with Gasteiger partial charge in [-0.2, -0.15) is 10.5 Å². The van der Waals surface area contributed by atoms with Gasteiger partial charge in [-0.1, -0.05) is 13.8 Å². The molecule has 0 N–H and O–H groups in total. The van der Waals surface area contributed by atoms with Gasteiger partial charge in [-0.15, -0.1) is 0 Å². The van der Waals surface area contributed by atoms with E-state index in [1.807, 2.05) is 38.1 Å². The Kier molecular flexibility index (Phi) is 5.81. The predicted octanol–water partition coefficient (Wildman–Crippen LogP) is 4.16. The molecule has 0 spiro atoms. The van der Waals surface area contributed by atoms with Crippen molar-refractivity contribution in [2.24, 2.45) is 5.92 Å². The first-order chi connectivity index (χ1) is 9.47. The highest BCUT2D eigenvalue weighted by atomic mass is 16.5. The molecule has 20 heavy (non-hydrogen) atoms. The fourth-order valence-electron chi connectivity index (χ4n) is 1.89. The average Bonchev–Trinajstić information content (AvgIpc) is 2.38. The number of benzene rings is 1. The second-order valence-corrected chi connectivity index (χ2v) is 5.28. The molecular weight excluding hydrogens is 248 g/mol. The van der Waals surface area contributed by atoms with Crippen LogP contribution in [0.2, 0.25) is 0 Å². The van der Waals surface area contributed by atoms with Gasteiger partial charge < -0.3 is 4.74 Å². The van der Waals surface area contributed by atoms with Gasteiger partial charge in [-0.25, -0.2) is 0 Å². The highest BCUT2D eigenvalue weighted by Crippen LogP contribution is 2.24. The normalized spacial score (nSPS) is 9.75. The summed E-state index contributed by atoms with van der Waals surface area (Å²) in [4.78, 5) is 0. The number of rotatable bonds is 5. The fraction of sp³-hybridized carbons (Fsp3) is 0.412. The Balaban J connectivity index is 2.96. The molecule has 0 aromatic heterocycles. The van der Waals surface area contributed by atoms with Crippen molar-refractivity contribution < 1.29 is 4.74 Å². The molecule has 1 rings (SSSR count). The Morgan fingerprint density at radius 3 is 2.20 bits per heavy atom. The van der Waals surface area contributed by atoms with Gasteiger partial charge in [0.1, 0.15) is 23.5 Å². The molecule has 0 bridgehead atoms. The molecule has 0 unspecified atom stereocenters. The molecule has 1 aromatic rings. The zero-order chi connectivity index (χ0) is 15.1. The maximum Gasteiger partial charge on any atom is 0.130 e. The molecule has 0 radical (unpaired) electrons. The highest BCUT2D eigenvalue weighted by molar-refractivity contribution is 5.67. The second kappa shape index (κ2) is 7.36. The Hall–Kier alpha value is -2.26. The van der Waals surface area contributed by atoms with Crippen molar-refractivity contribution in [3.63, 3.8) is 0 Å². The topological polar surface area (TPSA) is 56.8 Å². The van der Waals surface area contributed by atoms with Gasteiger partial charge in [-0.3, -0.25) is 0 Å². The molecule has 0 saturated carbocycles. The third-order valence-electron chi connectivity index (χ3n) is 3.06. The zero-order valence-electron chi connectivity index (χ0n) is 12.5. The highest BCUT2D eigenvalue weighted by Gasteiger charge is 2.06. The lowest BCUT2D eigenvalue weighted by molar-refractivity contribution is 0.289. The number of allylic oxidation sites excluding steroid dienone is 1. The van der Waals surface area contributed by atoms with Crippen molar-refractivity contribution >= 4 is 6.08 Å². The molecule has 0 aliphatic carbocycles. The summed E-state index contributed by atoms with van der Waals surface area (Å²) >= 11 is 0. The number of hydrogen-bond donors (Lipinski definition) is 0. The van der Waals surface area contributed by atoms with Crippen LogP contribution in [0.3, 0.4) is 0 Å². The standard InChI is InChI=1S/C17H20N2O/c1-12(2)5-6-20-16-7-13(3)17(14(4)8-16)9-15(10-18)11-19/h7-9,12H,5-6H2,1-4H3. The summed E-state index contributed by atoms with van der Waals surface area (Å²) in [5, 5.41) is 17.7. The maximum absolute atomic E-state index is 8.83. The van der Waals surface area contributed by atoms with E-state index < -0.39 is 0 Å². The van der Waals surface area contributed by atoms with Crippen LogP contribution in [-0.4, -0.2) is 6.61 Å². The lowest BCUT2D eigenvalue weighted by atomic mass is 10.0. The van der Waals surface area contributed by atoms with Crippen LogP contribution in [0.15, 0.2) is 17.7 Å². The van der Waals surface area contributed by atoms with E-state index in [4.69, 9.17) is 15.3 Å². The third kappa shape index (κ3) is 4.44. The first-order valence-electron chi connectivity index (χ1n) is 6.74. The van der Waals surface area contributed by atoms with Crippen LogP contribution in [0.4, 0.5) is 0 Å². The van der Waals surface area contributed by atoms with E-state index >= 15 is 0 Å². The summed E-state index contributed by atoms with van der Waals surface area (Å²) in [6, 6.07) is 7.67. The number of nitrogens with zero attached hydrogens (tertiary/aromatic N) is 2. The Bertz CT molecular complexity index is 547. The van der Waals surface area contributed by atoms with E-state index in [0.29, 0.717) is 12.5 Å². The van der Waals surface area contributed by atoms with Crippen LogP contribution >= 0.6 is 0 Å². The van der Waals surface area contributed by atoms with Gasteiger partial charge in [0.2, 0.25) is 0 Å². The molecule has 3 heteroatoms. The first-order valence-corrected chi connectivity index (χ1v) is 6.74. The summed E-state index contributed by atoms with van der Waals surface area (Å²) in [5.74, 6) is 1.46. The molecule has 0 atom stereocenters. The van der Waals surface area contributed by atoms with E-state index in [1.165, 1.54) is 0 Å². The van der Waals surface area contributed by atoms with E-state index in [-0.39, 0.29) is 5.57 Å². The van der Waals surface area contributed by atoms with Crippen molar-refractivity contribution in [2.45, 2.75) is 34.1 Å². The van der Waals surface area contributed by atoms with E-state index in [2.05, 4.69) is 13.8 Å². The van der Waals surface area contributed by atoms with Crippen molar-refractivity contribution in [1.82, 2.24) is 0 Å². The molecule has 104 valence electrons. The Morgan fingerprint density at radius 2 is 1.75 bits per heavy atom. The van der Waals surface area contributed by atoms with Gasteiger partial charge >= 0.3 is 0 Å². The van der Waals surface area contributed by atoms with E-state index in [1.54, 1.807) is 6.08 Å². The van der Waals surface area contributed by atoms with Crippen molar-refractivity contribution in [3.8, 4) is 17.9 Å². The Morgan fingerprint density at radius 1 is 1.20 bits per heavy atom. The summed E-state index contributed by atoms with van der Waals surface area (Å²) in [6.07, 6.45) is 2.65. The Labute approximate surface area is 121 Å². The minimum atomic E-state index is 0.115. The van der Waals surface area contributed by atoms with Crippen molar-refractivity contribution in [2.75, 3.05) is 6.61 Å². The van der Waals surface area contributed by atoms with Gasteiger partial charge in [0.25, 0.3) is 0 Å². The molecule has 0 fully saturated rings. The maximum atomic E-state index is 8.83. The van der Waals surface area contributed by atoms with Crippen LogP contribution < -0.4 is 4.74 Å². The van der Waals surface area contributed by atoms with Crippen LogP contribution in [-0.2, 0) is 0 Å². The molecule has 0 aliphatic heterocycles. The van der Waals surface area contributed by atoms with Crippen molar-refractivity contribution in [3.05, 3.63) is 34.4 Å². The van der Waals surface area contributed by atoms with Crippen LogP contribution in [0.5, 0.6) is 5.75 Å². The van der Waals surface area contributed by atoms with Gasteiger partial charge in [0, 0.05) is 0 Å². The first kappa shape index (κ1) is 15.8. The minimum absolute atomic E-state index is 0.115. The lowest BCUT2D eigenvalue weighted by Crippen LogP contribution is -2.02. The fourth-order valence-corrected chi connectivity index (χ4v) is 1.89. The molecule has 1 aromatic carbocycles. The number of hydrogen-bond acceptors (Lipinski definition) is 3. The summed E-state index contributed by atoms with van der Waals surface area (Å²) < 4.78 is 5.74. The van der Waals surface area contributed by atoms with Gasteiger partial charge in [0.05, 0.1) is 6.61 Å². The largest absolute Gasteiger partial charge is 0.494 e. The van der Waals surface area contributed by atoms with E-state index in [0.717, 1.165) is 28.9 Å². The quantitative estimate of drug-likeness (QED) is 0.753. The lowest BCUT2D eigenvalue weighted by Gasteiger charge is -2.12. The van der Waals surface area contributed by atoms with Crippen LogP contribution in [0, 0.1) is 42.4 Å². The summed E-state index contributed by atoms with van der Waals surface area (Å²) in [7, 11) is 0. The summed E-state index contributed by atoms with van der Waals surface area (Å²) in [5.41, 5.74) is 3.05. The SMILES string of the molecule is Cc1cc(OCCC(C)C)cc(C)c1C=C(C#N)C#N. The molecular formula is C17H20N2O. The molecule has 0 amide bonds. The third-order valence-corrected chi connectivity index (χ3v) is 3.06. The zero-order valence-corrected chi connectivity index (χ0v) is 12.5. The minimum Gasteiger partial charge on any atom is -0.494 e. The smallest absolute Gasteiger partial charge is 0.130 e. The van der Waals surface area contributed by atoms with E-state index in [9.17, 15) is 0 Å². The number of aryl methyl sites for hydroxylation is 2. The average molecular weight is 268 g/mol. The molecule has 0 saturated heterocycles. The predicted molar refractivity (Wildman–Crippen MR) is 80.1 cm³/mol.